The molecule has 0 saturated heterocycles. The Hall–Kier alpha value is -3.95. The van der Waals surface area contributed by atoms with Crippen LogP contribution in [0.15, 0.2) is 48.8 Å². The quantitative estimate of drug-likeness (QED) is 0.440. The Morgan fingerprint density at radius 2 is 1.57 bits per heavy atom. The molecule has 0 spiro atoms. The van der Waals surface area contributed by atoms with Gasteiger partial charge in [0.1, 0.15) is 0 Å². The highest BCUT2D eigenvalue weighted by Gasteiger charge is 2.42. The van der Waals surface area contributed by atoms with E-state index in [-0.39, 0.29) is 5.91 Å². The van der Waals surface area contributed by atoms with Gasteiger partial charge in [0.05, 0.1) is 30.9 Å². The predicted octanol–water partition coefficient (Wildman–Crippen LogP) is 5.43. The van der Waals surface area contributed by atoms with E-state index < -0.39 is 28.7 Å². The lowest BCUT2D eigenvalue weighted by molar-refractivity contribution is -0.137. The van der Waals surface area contributed by atoms with Gasteiger partial charge in [0.2, 0.25) is 0 Å². The minimum atomic E-state index is -4.63. The number of methoxy groups -OCH3 is 2. The first kappa shape index (κ1) is 26.1. The van der Waals surface area contributed by atoms with E-state index in [0.29, 0.717) is 41.2 Å². The van der Waals surface area contributed by atoms with Crippen molar-refractivity contribution in [2.45, 2.75) is 37.9 Å². The molecule has 1 heterocycles. The third-order valence-electron chi connectivity index (χ3n) is 6.74. The molecule has 4 rings (SSSR count). The molecule has 0 bridgehead atoms. The molecule has 0 unspecified atom stereocenters. The van der Waals surface area contributed by atoms with E-state index in [0.717, 1.165) is 18.2 Å². The number of hydrogen-bond acceptors (Lipinski definition) is 4. The van der Waals surface area contributed by atoms with Gasteiger partial charge >= 0.3 is 6.18 Å². The number of amides is 2. The summed E-state index contributed by atoms with van der Waals surface area (Å²) >= 11 is 0. The van der Waals surface area contributed by atoms with Crippen LogP contribution in [0.4, 0.5) is 18.9 Å². The van der Waals surface area contributed by atoms with Crippen molar-refractivity contribution < 1.29 is 32.2 Å². The largest absolute Gasteiger partial charge is 0.493 e. The lowest BCUT2D eigenvalue weighted by Gasteiger charge is -2.43. The molecule has 0 radical (unpaired) electrons. The van der Waals surface area contributed by atoms with E-state index in [1.54, 1.807) is 43.3 Å². The Labute approximate surface area is 212 Å². The molecule has 196 valence electrons. The highest BCUT2D eigenvalue weighted by atomic mass is 19.4. The number of aryl methyl sites for hydroxylation is 2. The fourth-order valence-corrected chi connectivity index (χ4v) is 4.59. The van der Waals surface area contributed by atoms with E-state index >= 15 is 0 Å². The lowest BCUT2D eigenvalue weighted by Crippen LogP contribution is -2.51. The first-order valence-electron chi connectivity index (χ1n) is 11.7. The summed E-state index contributed by atoms with van der Waals surface area (Å²) in [5.74, 6) is -0.148. The fourth-order valence-electron chi connectivity index (χ4n) is 4.59. The van der Waals surface area contributed by atoms with Crippen molar-refractivity contribution in [1.29, 1.82) is 0 Å². The van der Waals surface area contributed by atoms with Gasteiger partial charge in [-0.15, -0.1) is 0 Å². The molecular weight excluding hydrogens is 487 g/mol. The zero-order chi connectivity index (χ0) is 27.0. The molecule has 0 atom stereocenters. The second-order valence-electron chi connectivity index (χ2n) is 9.19. The van der Waals surface area contributed by atoms with Crippen molar-refractivity contribution in [3.05, 3.63) is 76.6 Å². The van der Waals surface area contributed by atoms with Crippen molar-refractivity contribution in [2.75, 3.05) is 19.5 Å². The molecule has 1 saturated carbocycles. The maximum Gasteiger partial charge on any atom is 0.418 e. The molecule has 0 aliphatic heterocycles. The molecule has 1 aliphatic rings. The van der Waals surface area contributed by atoms with Crippen molar-refractivity contribution in [2.24, 2.45) is 7.05 Å². The Kier molecular flexibility index (Phi) is 6.94. The number of aromatic nitrogens is 1. The maximum atomic E-state index is 13.4. The van der Waals surface area contributed by atoms with E-state index in [4.69, 9.17) is 9.47 Å². The zero-order valence-electron chi connectivity index (χ0n) is 21.0. The normalized spacial score (nSPS) is 14.5. The molecule has 1 aromatic heterocycles. The number of hydrogen-bond donors (Lipinski definition) is 2. The first-order valence-corrected chi connectivity index (χ1v) is 11.7. The molecule has 2 N–H and O–H groups in total. The lowest BCUT2D eigenvalue weighted by atomic mass is 9.71. The number of rotatable bonds is 7. The van der Waals surface area contributed by atoms with Crippen LogP contribution >= 0.6 is 0 Å². The van der Waals surface area contributed by atoms with Crippen molar-refractivity contribution >= 4 is 17.5 Å². The second kappa shape index (κ2) is 9.84. The summed E-state index contributed by atoms with van der Waals surface area (Å²) in [7, 11) is 4.46. The third-order valence-corrected chi connectivity index (χ3v) is 6.74. The fraction of sp³-hybridized carbons (Fsp3) is 0.333. The van der Waals surface area contributed by atoms with Gasteiger partial charge in [0.25, 0.3) is 11.8 Å². The van der Waals surface area contributed by atoms with E-state index in [2.05, 4.69) is 10.6 Å². The van der Waals surface area contributed by atoms with Gasteiger partial charge in [0.15, 0.2) is 11.5 Å². The van der Waals surface area contributed by atoms with Crippen LogP contribution in [-0.4, -0.2) is 30.6 Å². The topological polar surface area (TPSA) is 81.6 Å². The summed E-state index contributed by atoms with van der Waals surface area (Å²) in [5, 5.41) is 5.69. The highest BCUT2D eigenvalue weighted by molar-refractivity contribution is 6.05. The minimum absolute atomic E-state index is 0.332. The Morgan fingerprint density at radius 1 is 0.946 bits per heavy atom. The van der Waals surface area contributed by atoms with E-state index in [1.165, 1.54) is 32.0 Å². The van der Waals surface area contributed by atoms with Crippen LogP contribution < -0.4 is 20.1 Å². The molecule has 10 heteroatoms. The molecule has 3 aromatic rings. The summed E-state index contributed by atoms with van der Waals surface area (Å²) in [5.41, 5.74) is 0.289. The van der Waals surface area contributed by atoms with Gasteiger partial charge in [-0.3, -0.25) is 9.59 Å². The van der Waals surface area contributed by atoms with Crippen LogP contribution in [0.25, 0.3) is 0 Å². The van der Waals surface area contributed by atoms with E-state index in [1.807, 2.05) is 0 Å². The minimum Gasteiger partial charge on any atom is -0.493 e. The van der Waals surface area contributed by atoms with Gasteiger partial charge in [-0.2, -0.15) is 13.2 Å². The summed E-state index contributed by atoms with van der Waals surface area (Å²) < 4.78 is 52.0. The molecule has 7 nitrogen and oxygen atoms in total. The van der Waals surface area contributed by atoms with Crippen LogP contribution in [0.5, 0.6) is 11.5 Å². The molecule has 1 aliphatic carbocycles. The molecule has 2 amide bonds. The molecular formula is C27H28F3N3O4. The molecule has 37 heavy (non-hydrogen) atoms. The van der Waals surface area contributed by atoms with Crippen LogP contribution in [0.2, 0.25) is 0 Å². The van der Waals surface area contributed by atoms with Crippen LogP contribution in [0, 0.1) is 6.92 Å². The number of ether oxygens (including phenoxy) is 2. The number of anilines is 1. The Morgan fingerprint density at radius 3 is 2.11 bits per heavy atom. The predicted molar refractivity (Wildman–Crippen MR) is 132 cm³/mol. The summed E-state index contributed by atoms with van der Waals surface area (Å²) in [6.45, 7) is 1.79. The first-order chi connectivity index (χ1) is 17.5. The standard InChI is InChI=1S/C27H28F3N3O4/c1-16-12-22(36-3)23(37-4)13-19(16)24(34)31-18-8-6-17(7-9-18)26(10-5-11-26)32-25(35)20-14-33(2)15-21(20)27(28,29)30/h6-9,12-15H,5,10-11H2,1-4H3,(H,31,34)(H,32,35). The van der Waals surface area contributed by atoms with Crippen molar-refractivity contribution in [3.63, 3.8) is 0 Å². The molecule has 2 aromatic carbocycles. The van der Waals surface area contributed by atoms with Gasteiger partial charge in [-0.25, -0.2) is 0 Å². The third kappa shape index (κ3) is 5.14. The van der Waals surface area contributed by atoms with Crippen LogP contribution in [0.3, 0.4) is 0 Å². The Bertz CT molecular complexity index is 1330. The van der Waals surface area contributed by atoms with Gasteiger partial charge < -0.3 is 24.7 Å². The van der Waals surface area contributed by atoms with Gasteiger partial charge in [-0.1, -0.05) is 12.1 Å². The van der Waals surface area contributed by atoms with Crippen molar-refractivity contribution in [1.82, 2.24) is 9.88 Å². The Balaban J connectivity index is 1.52. The summed E-state index contributed by atoms with van der Waals surface area (Å²) in [4.78, 5) is 25.8. The second-order valence-corrected chi connectivity index (χ2v) is 9.19. The van der Waals surface area contributed by atoms with Crippen LogP contribution in [0.1, 0.15) is 56.7 Å². The van der Waals surface area contributed by atoms with E-state index in [9.17, 15) is 22.8 Å². The number of benzene rings is 2. The number of alkyl halides is 3. The number of halogens is 3. The number of nitrogens with zero attached hydrogens (tertiary/aromatic N) is 1. The number of carbonyl (C=O) groups excluding carboxylic acids is 2. The van der Waals surface area contributed by atoms with Gasteiger partial charge in [-0.05, 0) is 61.6 Å². The number of carbonyl (C=O) groups is 2. The summed E-state index contributed by atoms with van der Waals surface area (Å²) in [6, 6.07) is 10.3. The number of nitrogens with one attached hydrogen (secondary N) is 2. The maximum absolute atomic E-state index is 13.4. The zero-order valence-corrected chi connectivity index (χ0v) is 21.0. The van der Waals surface area contributed by atoms with Crippen LogP contribution in [-0.2, 0) is 18.8 Å². The summed E-state index contributed by atoms with van der Waals surface area (Å²) in [6.07, 6.45) is -0.517. The average Bonchev–Trinajstić information content (AvgIpc) is 3.24. The van der Waals surface area contributed by atoms with Crippen molar-refractivity contribution in [3.8, 4) is 11.5 Å². The van der Waals surface area contributed by atoms with Gasteiger partial charge in [0, 0.05) is 30.7 Å². The smallest absolute Gasteiger partial charge is 0.418 e. The molecule has 1 fully saturated rings. The highest BCUT2D eigenvalue weighted by Crippen LogP contribution is 2.42. The SMILES string of the molecule is COc1cc(C)c(C(=O)Nc2ccc(C3(NC(=O)c4cn(C)cc4C(F)(F)F)CCC3)cc2)cc1OC. The average molecular weight is 516 g/mol. The monoisotopic (exact) mass is 515 g/mol.